The lowest BCUT2D eigenvalue weighted by Crippen LogP contribution is -2.63. The van der Waals surface area contributed by atoms with Crippen molar-refractivity contribution in [3.63, 3.8) is 0 Å². The van der Waals surface area contributed by atoms with Gasteiger partial charge in [0.05, 0.1) is 28.1 Å². The third kappa shape index (κ3) is 11.9. The molecule has 1 aromatic carbocycles. The zero-order valence-electron chi connectivity index (χ0n) is 32.5. The number of anilines is 1. The lowest BCUT2D eigenvalue weighted by molar-refractivity contribution is -0.253. The second-order valence-corrected chi connectivity index (χ2v) is 17.1. The van der Waals surface area contributed by atoms with Gasteiger partial charge in [0.2, 0.25) is 6.10 Å². The molecular weight excluding hydrogens is 640 g/mol. The molecule has 4 unspecified atom stereocenters. The summed E-state index contributed by atoms with van der Waals surface area (Å²) in [7, 11) is 3.93. The number of benzene rings is 1. The summed E-state index contributed by atoms with van der Waals surface area (Å²) in [4.78, 5) is 59.7. The van der Waals surface area contributed by atoms with E-state index in [1.54, 1.807) is 89.2 Å². The molecule has 0 radical (unpaired) electrons. The summed E-state index contributed by atoms with van der Waals surface area (Å²) in [6, 6.07) is 11.1. The minimum absolute atomic E-state index is 0.160. The molecule has 0 aromatic heterocycles. The van der Waals surface area contributed by atoms with Crippen LogP contribution < -0.4 is 4.90 Å². The van der Waals surface area contributed by atoms with Gasteiger partial charge in [-0.3, -0.25) is 23.9 Å². The second kappa shape index (κ2) is 16.4. The van der Waals surface area contributed by atoms with Gasteiger partial charge in [0.25, 0.3) is 6.07 Å². The van der Waals surface area contributed by atoms with Crippen LogP contribution in [0.25, 0.3) is 4.85 Å². The van der Waals surface area contributed by atoms with Crippen molar-refractivity contribution in [1.29, 1.82) is 0 Å². The van der Waals surface area contributed by atoms with E-state index >= 15 is 0 Å². The third-order valence-electron chi connectivity index (χ3n) is 7.82. The smallest absolute Gasteiger partial charge is 0.417 e. The summed E-state index contributed by atoms with van der Waals surface area (Å²) in [5.41, 5.74) is -1.70. The summed E-state index contributed by atoms with van der Waals surface area (Å²) in [6.07, 6.45) is -4.41. The number of hydrogen-bond acceptors (Lipinski definition) is 10. The van der Waals surface area contributed by atoms with Crippen LogP contribution in [0, 0.1) is 27.7 Å². The Balaban J connectivity index is 2.70. The minimum atomic E-state index is -1.38. The molecule has 0 spiro atoms. The van der Waals surface area contributed by atoms with Gasteiger partial charge in [-0.05, 0) is 106 Å². The fourth-order valence-corrected chi connectivity index (χ4v) is 4.41. The molecule has 2 rings (SSSR count). The van der Waals surface area contributed by atoms with Gasteiger partial charge in [0, 0.05) is 25.7 Å². The number of carbonyl (C=O) groups is 4. The van der Waals surface area contributed by atoms with E-state index < -0.39 is 76.2 Å². The summed E-state index contributed by atoms with van der Waals surface area (Å²) < 4.78 is 30.1. The number of ether oxygens (including phenoxy) is 5. The molecule has 6 atom stereocenters. The van der Waals surface area contributed by atoms with Crippen LogP contribution in [0.3, 0.4) is 0 Å². The molecule has 1 saturated heterocycles. The number of allylic oxidation sites excluding steroid dienone is 1. The van der Waals surface area contributed by atoms with E-state index in [2.05, 4.69) is 17.5 Å². The van der Waals surface area contributed by atoms with Crippen LogP contribution in [0.4, 0.5) is 5.69 Å². The molecule has 1 aromatic rings. The topological polar surface area (TPSA) is 122 Å². The van der Waals surface area contributed by atoms with E-state index in [0.29, 0.717) is 6.42 Å². The van der Waals surface area contributed by atoms with Crippen LogP contribution in [0.15, 0.2) is 36.9 Å². The van der Waals surface area contributed by atoms with Gasteiger partial charge in [-0.25, -0.2) is 0 Å². The normalized spacial score (nSPS) is 21.8. The number of esters is 4. The molecule has 11 heteroatoms. The monoisotopic (exact) mass is 699 g/mol. The summed E-state index contributed by atoms with van der Waals surface area (Å²) in [5, 5.41) is 0. The molecule has 1 aliphatic rings. The van der Waals surface area contributed by atoms with Gasteiger partial charge in [0.1, 0.15) is 12.7 Å². The third-order valence-corrected chi connectivity index (χ3v) is 7.82. The van der Waals surface area contributed by atoms with Crippen LogP contribution in [-0.2, 0) is 42.9 Å². The summed E-state index contributed by atoms with van der Waals surface area (Å²) in [6.45, 7) is 23.8. The number of hydrogen-bond donors (Lipinski definition) is 0. The fourth-order valence-electron chi connectivity index (χ4n) is 4.41. The predicted octanol–water partition coefficient (Wildman–Crippen LogP) is 6.93. The SMILES string of the molecule is C=CC(CC#[N+]C1OC(COC(=O)C(C)(C)C)[C@@H](OC(=O)C(C)(C)C)[C@@H](OC(=O)C(C)(C)C)C1OC(=O)C(C)(C)C)c1ccc(N(C)C)cc1. The molecule has 0 bridgehead atoms. The zero-order valence-corrected chi connectivity index (χ0v) is 32.5. The lowest BCUT2D eigenvalue weighted by atomic mass is 9.92. The zero-order chi connectivity index (χ0) is 38.4. The highest BCUT2D eigenvalue weighted by molar-refractivity contribution is 5.78. The van der Waals surface area contributed by atoms with Gasteiger partial charge in [-0.2, -0.15) is 0 Å². The van der Waals surface area contributed by atoms with Crippen molar-refractivity contribution in [2.75, 3.05) is 25.6 Å². The van der Waals surface area contributed by atoms with Crippen LogP contribution in [0.5, 0.6) is 0 Å². The van der Waals surface area contributed by atoms with Crippen molar-refractivity contribution in [2.24, 2.45) is 21.7 Å². The van der Waals surface area contributed by atoms with Crippen molar-refractivity contribution in [3.05, 3.63) is 47.3 Å². The highest BCUT2D eigenvalue weighted by Gasteiger charge is 2.59. The maximum absolute atomic E-state index is 13.5. The van der Waals surface area contributed by atoms with Crippen molar-refractivity contribution in [2.45, 2.75) is 126 Å². The highest BCUT2D eigenvalue weighted by atomic mass is 16.7. The van der Waals surface area contributed by atoms with E-state index in [9.17, 15) is 19.2 Å². The first-order valence-electron chi connectivity index (χ1n) is 17.1. The van der Waals surface area contributed by atoms with E-state index in [1.807, 2.05) is 43.3 Å². The Bertz CT molecular complexity index is 1430. The van der Waals surface area contributed by atoms with Crippen molar-refractivity contribution in [1.82, 2.24) is 0 Å². The average Bonchev–Trinajstić information content (AvgIpc) is 2.98. The molecule has 278 valence electrons. The van der Waals surface area contributed by atoms with E-state index in [0.717, 1.165) is 11.3 Å². The maximum Gasteiger partial charge on any atom is 0.417 e. The minimum Gasteiger partial charge on any atom is -0.462 e. The molecule has 0 amide bonds. The van der Waals surface area contributed by atoms with Gasteiger partial charge in [-0.15, -0.1) is 6.58 Å². The number of carbonyl (C=O) groups excluding carboxylic acids is 4. The molecule has 11 nitrogen and oxygen atoms in total. The largest absolute Gasteiger partial charge is 0.462 e. The fraction of sp³-hybridized carbons (Fsp3) is 0.667. The highest BCUT2D eigenvalue weighted by Crippen LogP contribution is 2.35. The Morgan fingerprint density at radius 1 is 0.760 bits per heavy atom. The maximum atomic E-state index is 13.5. The quantitative estimate of drug-likeness (QED) is 0.152. The number of rotatable bonds is 9. The second-order valence-electron chi connectivity index (χ2n) is 17.1. The first-order valence-corrected chi connectivity index (χ1v) is 17.1. The van der Waals surface area contributed by atoms with Gasteiger partial charge in [0.15, 0.2) is 12.2 Å². The predicted molar refractivity (Wildman–Crippen MR) is 193 cm³/mol. The van der Waals surface area contributed by atoms with Crippen LogP contribution in [-0.4, -0.2) is 75.2 Å². The molecule has 1 heterocycles. The van der Waals surface area contributed by atoms with Crippen LogP contribution in [0.2, 0.25) is 0 Å². The van der Waals surface area contributed by atoms with Gasteiger partial charge < -0.3 is 23.8 Å². The molecule has 0 aliphatic carbocycles. The number of nitrogens with zero attached hydrogens (tertiary/aromatic N) is 2. The lowest BCUT2D eigenvalue weighted by Gasteiger charge is -2.41. The Morgan fingerprint density at radius 3 is 1.62 bits per heavy atom. The van der Waals surface area contributed by atoms with Gasteiger partial charge >= 0.3 is 30.1 Å². The van der Waals surface area contributed by atoms with E-state index in [-0.39, 0.29) is 12.5 Å². The first kappa shape index (κ1) is 42.3. The van der Waals surface area contributed by atoms with Crippen molar-refractivity contribution < 1.29 is 42.9 Å². The van der Waals surface area contributed by atoms with Crippen LogP contribution in [0.1, 0.15) is 101 Å². The Morgan fingerprint density at radius 2 is 1.20 bits per heavy atom. The standard InChI is InChI=1S/C39H59N2O9/c1-16-24(25-17-19-26(20-18-25)41(14)15)21-22-40-31-30(50-35(45)39(11,12)13)29(49-34(44)38(8,9)10)28(48-33(43)37(5,6)7)27(47-31)23-46-32(42)36(2,3)4/h16-20,24,27-31H,1,21,23H2,2-15H3/q+1/t24?,27?,28-,29-,30?,31?/m1/s1. The van der Waals surface area contributed by atoms with Gasteiger partial charge in [-0.1, -0.05) is 18.2 Å². The molecule has 1 fully saturated rings. The molecular formula is C39H59N2O9+. The van der Waals surface area contributed by atoms with Crippen LogP contribution >= 0.6 is 0 Å². The van der Waals surface area contributed by atoms with E-state index in [1.165, 1.54) is 0 Å². The summed E-state index contributed by atoms with van der Waals surface area (Å²) >= 11 is 0. The molecule has 50 heavy (non-hydrogen) atoms. The Labute approximate surface area is 298 Å². The van der Waals surface area contributed by atoms with Crippen molar-refractivity contribution >= 4 is 29.6 Å². The van der Waals surface area contributed by atoms with Crippen molar-refractivity contribution in [3.8, 4) is 6.07 Å². The first-order chi connectivity index (χ1) is 22.8. The molecule has 0 N–H and O–H groups in total. The average molecular weight is 700 g/mol. The summed E-state index contributed by atoms with van der Waals surface area (Å²) in [5.74, 6) is -2.56. The molecule has 0 saturated carbocycles. The Kier molecular flexibility index (Phi) is 13.9. The molecule has 1 aliphatic heterocycles. The Hall–Kier alpha value is -3.91. The van der Waals surface area contributed by atoms with E-state index in [4.69, 9.17) is 23.7 Å².